The highest BCUT2D eigenvalue weighted by Gasteiger charge is 2.17. The molecule has 0 bridgehead atoms. The molecular formula is C16H19ClN4. The predicted molar refractivity (Wildman–Crippen MR) is 86.6 cm³/mol. The van der Waals surface area contributed by atoms with Gasteiger partial charge in [0, 0.05) is 17.7 Å². The Hall–Kier alpha value is -1.65. The first-order chi connectivity index (χ1) is 10.2. The van der Waals surface area contributed by atoms with Gasteiger partial charge in [-0.25, -0.2) is 9.97 Å². The topological polar surface area (TPSA) is 41.0 Å². The first-order valence-electron chi connectivity index (χ1n) is 7.26. The van der Waals surface area contributed by atoms with E-state index >= 15 is 0 Å². The zero-order valence-electron chi connectivity index (χ0n) is 12.1. The third-order valence-corrected chi connectivity index (χ3v) is 3.99. The van der Waals surface area contributed by atoms with Crippen molar-refractivity contribution in [1.29, 1.82) is 0 Å². The number of aromatic nitrogens is 2. The van der Waals surface area contributed by atoms with E-state index in [1.54, 1.807) is 6.07 Å². The number of piperidine rings is 1. The largest absolute Gasteiger partial charge is 0.367 e. The van der Waals surface area contributed by atoms with Gasteiger partial charge in [-0.1, -0.05) is 41.9 Å². The van der Waals surface area contributed by atoms with Gasteiger partial charge in [-0.2, -0.15) is 0 Å². The van der Waals surface area contributed by atoms with Gasteiger partial charge in [-0.05, 0) is 33.0 Å². The molecule has 1 saturated heterocycles. The fourth-order valence-electron chi connectivity index (χ4n) is 2.57. The van der Waals surface area contributed by atoms with Crippen molar-refractivity contribution in [2.24, 2.45) is 0 Å². The van der Waals surface area contributed by atoms with E-state index in [-0.39, 0.29) is 0 Å². The summed E-state index contributed by atoms with van der Waals surface area (Å²) >= 11 is 6.14. The number of nitrogens with zero attached hydrogens (tertiary/aromatic N) is 3. The summed E-state index contributed by atoms with van der Waals surface area (Å²) in [6.45, 7) is 2.23. The lowest BCUT2D eigenvalue weighted by molar-refractivity contribution is 0.263. The van der Waals surface area contributed by atoms with Crippen LogP contribution in [-0.2, 0) is 0 Å². The summed E-state index contributed by atoms with van der Waals surface area (Å²) in [6, 6.07) is 12.2. The second-order valence-electron chi connectivity index (χ2n) is 5.49. The van der Waals surface area contributed by atoms with Crippen LogP contribution >= 0.6 is 11.6 Å². The molecule has 0 radical (unpaired) electrons. The summed E-state index contributed by atoms with van der Waals surface area (Å²) in [4.78, 5) is 11.3. The molecule has 2 heterocycles. The maximum atomic E-state index is 6.14. The predicted octanol–water partition coefficient (Wildman–Crippen LogP) is 3.30. The van der Waals surface area contributed by atoms with Crippen LogP contribution in [0.4, 0.5) is 5.82 Å². The third kappa shape index (κ3) is 3.71. The first-order valence-corrected chi connectivity index (χ1v) is 7.63. The lowest BCUT2D eigenvalue weighted by Gasteiger charge is -2.29. The second kappa shape index (κ2) is 6.41. The van der Waals surface area contributed by atoms with Crippen molar-refractivity contribution in [3.63, 3.8) is 0 Å². The van der Waals surface area contributed by atoms with Crippen LogP contribution in [0.5, 0.6) is 0 Å². The van der Waals surface area contributed by atoms with Crippen molar-refractivity contribution >= 4 is 17.4 Å². The highest BCUT2D eigenvalue weighted by Crippen LogP contribution is 2.22. The Morgan fingerprint density at radius 3 is 2.57 bits per heavy atom. The van der Waals surface area contributed by atoms with Gasteiger partial charge in [-0.3, -0.25) is 0 Å². The molecule has 0 spiro atoms. The first kappa shape index (κ1) is 14.3. The molecule has 1 aliphatic rings. The summed E-state index contributed by atoms with van der Waals surface area (Å²) in [5, 5.41) is 3.96. The second-order valence-corrected chi connectivity index (χ2v) is 5.87. The lowest BCUT2D eigenvalue weighted by Crippen LogP contribution is -2.36. The van der Waals surface area contributed by atoms with E-state index in [2.05, 4.69) is 27.2 Å². The molecule has 0 amide bonds. The molecule has 0 aliphatic carbocycles. The zero-order chi connectivity index (χ0) is 14.7. The highest BCUT2D eigenvalue weighted by atomic mass is 35.5. The Labute approximate surface area is 130 Å². The number of halogens is 1. The van der Waals surface area contributed by atoms with E-state index in [9.17, 15) is 0 Å². The fourth-order valence-corrected chi connectivity index (χ4v) is 2.75. The van der Waals surface area contributed by atoms with E-state index < -0.39 is 0 Å². The van der Waals surface area contributed by atoms with Crippen molar-refractivity contribution in [3.05, 3.63) is 41.6 Å². The zero-order valence-corrected chi connectivity index (χ0v) is 12.8. The molecule has 110 valence electrons. The number of hydrogen-bond acceptors (Lipinski definition) is 4. The summed E-state index contributed by atoms with van der Waals surface area (Å²) in [6.07, 6.45) is 2.25. The number of hydrogen-bond donors (Lipinski definition) is 1. The minimum absolute atomic E-state index is 0.454. The maximum absolute atomic E-state index is 6.14. The number of nitrogens with one attached hydrogen (secondary N) is 1. The van der Waals surface area contributed by atoms with Crippen LogP contribution in [0.15, 0.2) is 36.4 Å². The molecule has 21 heavy (non-hydrogen) atoms. The fraction of sp³-hybridized carbons (Fsp3) is 0.375. The molecule has 1 aliphatic heterocycles. The number of rotatable bonds is 3. The van der Waals surface area contributed by atoms with E-state index in [1.807, 2.05) is 30.3 Å². The van der Waals surface area contributed by atoms with Crippen LogP contribution in [0, 0.1) is 0 Å². The third-order valence-electron chi connectivity index (χ3n) is 3.80. The molecule has 1 N–H and O–H groups in total. The van der Waals surface area contributed by atoms with Crippen molar-refractivity contribution < 1.29 is 0 Å². The Bertz CT molecular complexity index is 594. The molecular weight excluding hydrogens is 284 g/mol. The number of likely N-dealkylation sites (tertiary alicyclic amines) is 1. The average molecular weight is 303 g/mol. The lowest BCUT2D eigenvalue weighted by atomic mass is 10.1. The minimum atomic E-state index is 0.454. The van der Waals surface area contributed by atoms with Gasteiger partial charge < -0.3 is 10.2 Å². The summed E-state index contributed by atoms with van der Waals surface area (Å²) in [5.41, 5.74) is 0.978. The van der Waals surface area contributed by atoms with E-state index in [0.717, 1.165) is 37.3 Å². The van der Waals surface area contributed by atoms with E-state index in [0.29, 0.717) is 17.0 Å². The molecule has 0 atom stereocenters. The van der Waals surface area contributed by atoms with E-state index in [4.69, 9.17) is 11.6 Å². The van der Waals surface area contributed by atoms with Crippen molar-refractivity contribution in [3.8, 4) is 11.4 Å². The Morgan fingerprint density at radius 1 is 1.14 bits per heavy atom. The van der Waals surface area contributed by atoms with Gasteiger partial charge in [0.1, 0.15) is 11.0 Å². The van der Waals surface area contributed by atoms with Crippen LogP contribution in [-0.4, -0.2) is 41.0 Å². The summed E-state index contributed by atoms with van der Waals surface area (Å²) in [7, 11) is 2.16. The van der Waals surface area contributed by atoms with Crippen LogP contribution < -0.4 is 5.32 Å². The molecule has 0 saturated carbocycles. The number of benzene rings is 1. The Kier molecular flexibility index (Phi) is 4.36. The molecule has 4 nitrogen and oxygen atoms in total. The van der Waals surface area contributed by atoms with Crippen LogP contribution in [0.3, 0.4) is 0 Å². The van der Waals surface area contributed by atoms with Crippen molar-refractivity contribution in [1.82, 2.24) is 14.9 Å². The molecule has 1 fully saturated rings. The van der Waals surface area contributed by atoms with Gasteiger partial charge in [0.2, 0.25) is 0 Å². The smallest absolute Gasteiger partial charge is 0.163 e. The molecule has 3 rings (SSSR count). The summed E-state index contributed by atoms with van der Waals surface area (Å²) < 4.78 is 0. The van der Waals surface area contributed by atoms with Gasteiger partial charge in [0.25, 0.3) is 0 Å². The molecule has 0 unspecified atom stereocenters. The summed E-state index contributed by atoms with van der Waals surface area (Å²) in [5.74, 6) is 1.47. The maximum Gasteiger partial charge on any atom is 0.163 e. The molecule has 1 aromatic heterocycles. The van der Waals surface area contributed by atoms with Gasteiger partial charge in [-0.15, -0.1) is 0 Å². The van der Waals surface area contributed by atoms with Crippen molar-refractivity contribution in [2.45, 2.75) is 18.9 Å². The quantitative estimate of drug-likeness (QED) is 0.883. The van der Waals surface area contributed by atoms with Gasteiger partial charge in [0.15, 0.2) is 5.82 Å². The van der Waals surface area contributed by atoms with Crippen LogP contribution in [0.25, 0.3) is 11.4 Å². The van der Waals surface area contributed by atoms with Crippen LogP contribution in [0.1, 0.15) is 12.8 Å². The Morgan fingerprint density at radius 2 is 1.86 bits per heavy atom. The average Bonchev–Trinajstić information content (AvgIpc) is 2.50. The van der Waals surface area contributed by atoms with Crippen LogP contribution in [0.2, 0.25) is 5.15 Å². The molecule has 1 aromatic carbocycles. The normalized spacial score (nSPS) is 16.9. The number of anilines is 1. The minimum Gasteiger partial charge on any atom is -0.367 e. The van der Waals surface area contributed by atoms with E-state index in [1.165, 1.54) is 0 Å². The monoisotopic (exact) mass is 302 g/mol. The van der Waals surface area contributed by atoms with Crippen molar-refractivity contribution in [2.75, 3.05) is 25.5 Å². The van der Waals surface area contributed by atoms with Gasteiger partial charge in [0.05, 0.1) is 0 Å². The standard InChI is InChI=1S/C16H19ClN4/c1-21-9-7-13(8-10-21)18-15-11-14(17)19-16(20-15)12-5-3-2-4-6-12/h2-6,11,13H,7-10H2,1H3,(H,18,19,20). The Balaban J connectivity index is 1.78. The molecule has 2 aromatic rings. The molecule has 5 heteroatoms. The SMILES string of the molecule is CN1CCC(Nc2cc(Cl)nc(-c3ccccc3)n2)CC1. The highest BCUT2D eigenvalue weighted by molar-refractivity contribution is 6.29. The van der Waals surface area contributed by atoms with Gasteiger partial charge >= 0.3 is 0 Å².